The summed E-state index contributed by atoms with van der Waals surface area (Å²) in [5.74, 6) is 0. The van der Waals surface area contributed by atoms with Crippen molar-refractivity contribution >= 4 is 0 Å². The molecule has 94 valence electrons. The fourth-order valence-electron chi connectivity index (χ4n) is 2.17. The summed E-state index contributed by atoms with van der Waals surface area (Å²) in [6.45, 7) is 4.66. The average Bonchev–Trinajstić information content (AvgIpc) is 2.88. The minimum atomic E-state index is 0.471. The van der Waals surface area contributed by atoms with Crippen molar-refractivity contribution in [3.05, 3.63) is 29.6 Å². The molecule has 17 heavy (non-hydrogen) atoms. The zero-order valence-electron chi connectivity index (χ0n) is 10.6. The van der Waals surface area contributed by atoms with Crippen molar-refractivity contribution in [2.45, 2.75) is 51.9 Å². The van der Waals surface area contributed by atoms with Gasteiger partial charge in [0.1, 0.15) is 0 Å². The van der Waals surface area contributed by atoms with Crippen LogP contribution in [0, 0.1) is 0 Å². The zero-order valence-corrected chi connectivity index (χ0v) is 10.6. The van der Waals surface area contributed by atoms with Crippen LogP contribution in [-0.2, 0) is 17.9 Å². The summed E-state index contributed by atoms with van der Waals surface area (Å²) in [5, 5.41) is 3.29. The lowest BCUT2D eigenvalue weighted by atomic mass is 10.2. The smallest absolute Gasteiger partial charge is 0.0891 e. The molecule has 1 aliphatic rings. The first-order chi connectivity index (χ1) is 8.38. The standard InChI is InChI=1S/C14H22N2O/c1-2-15-9-12-7-8-13(16-10-12)11-17-14-5-3-4-6-14/h7-8,10,14-15H,2-6,9,11H2,1H3. The molecule has 0 aromatic carbocycles. The second kappa shape index (κ2) is 6.72. The van der Waals surface area contributed by atoms with Gasteiger partial charge in [-0.05, 0) is 31.0 Å². The Balaban J connectivity index is 1.76. The van der Waals surface area contributed by atoms with Crippen molar-refractivity contribution in [2.75, 3.05) is 6.54 Å². The summed E-state index contributed by atoms with van der Waals surface area (Å²) in [5.41, 5.74) is 2.27. The van der Waals surface area contributed by atoms with Crippen LogP contribution in [0.1, 0.15) is 43.9 Å². The van der Waals surface area contributed by atoms with E-state index in [2.05, 4.69) is 29.4 Å². The second-order valence-electron chi connectivity index (χ2n) is 4.66. The first-order valence-corrected chi connectivity index (χ1v) is 6.64. The normalized spacial score (nSPS) is 16.5. The molecule has 1 saturated carbocycles. The molecule has 3 heteroatoms. The van der Waals surface area contributed by atoms with E-state index < -0.39 is 0 Å². The number of nitrogens with one attached hydrogen (secondary N) is 1. The fraction of sp³-hybridized carbons (Fsp3) is 0.643. The van der Waals surface area contributed by atoms with Crippen LogP contribution >= 0.6 is 0 Å². The molecule has 0 spiro atoms. The van der Waals surface area contributed by atoms with E-state index in [0.29, 0.717) is 12.7 Å². The molecule has 3 nitrogen and oxygen atoms in total. The molecule has 2 rings (SSSR count). The predicted octanol–water partition coefficient (Wildman–Crippen LogP) is 2.65. The number of ether oxygens (including phenoxy) is 1. The average molecular weight is 234 g/mol. The Morgan fingerprint density at radius 1 is 1.35 bits per heavy atom. The van der Waals surface area contributed by atoms with Gasteiger partial charge in [0.15, 0.2) is 0 Å². The molecule has 0 bridgehead atoms. The molecule has 1 heterocycles. The number of nitrogens with zero attached hydrogens (tertiary/aromatic N) is 1. The van der Waals surface area contributed by atoms with E-state index in [-0.39, 0.29) is 0 Å². The third-order valence-corrected chi connectivity index (χ3v) is 3.23. The number of rotatable bonds is 6. The molecule has 1 aromatic heterocycles. The maximum atomic E-state index is 5.83. The molecular weight excluding hydrogens is 212 g/mol. The minimum Gasteiger partial charge on any atom is -0.372 e. The quantitative estimate of drug-likeness (QED) is 0.821. The summed E-state index contributed by atoms with van der Waals surface area (Å²) < 4.78 is 5.83. The van der Waals surface area contributed by atoms with Crippen molar-refractivity contribution in [3.8, 4) is 0 Å². The molecule has 0 aliphatic heterocycles. The third kappa shape index (κ3) is 4.10. The summed E-state index contributed by atoms with van der Waals surface area (Å²) in [7, 11) is 0. The zero-order chi connectivity index (χ0) is 11.9. The summed E-state index contributed by atoms with van der Waals surface area (Å²) >= 11 is 0. The number of hydrogen-bond donors (Lipinski definition) is 1. The Kier molecular flexibility index (Phi) is 4.95. The Morgan fingerprint density at radius 2 is 2.18 bits per heavy atom. The van der Waals surface area contributed by atoms with Crippen LogP contribution in [0.25, 0.3) is 0 Å². The Labute approximate surface area is 104 Å². The van der Waals surface area contributed by atoms with Gasteiger partial charge in [-0.25, -0.2) is 0 Å². The molecule has 1 fully saturated rings. The lowest BCUT2D eigenvalue weighted by Crippen LogP contribution is -2.12. The molecule has 1 aromatic rings. The van der Waals surface area contributed by atoms with Crippen molar-refractivity contribution in [1.82, 2.24) is 10.3 Å². The van der Waals surface area contributed by atoms with E-state index in [1.807, 2.05) is 6.20 Å². The van der Waals surface area contributed by atoms with Gasteiger partial charge in [-0.3, -0.25) is 4.98 Å². The van der Waals surface area contributed by atoms with Crippen molar-refractivity contribution in [2.24, 2.45) is 0 Å². The van der Waals surface area contributed by atoms with Gasteiger partial charge in [-0.15, -0.1) is 0 Å². The highest BCUT2D eigenvalue weighted by Gasteiger charge is 2.15. The number of hydrogen-bond acceptors (Lipinski definition) is 3. The van der Waals surface area contributed by atoms with Crippen LogP contribution in [0.2, 0.25) is 0 Å². The highest BCUT2D eigenvalue weighted by atomic mass is 16.5. The monoisotopic (exact) mass is 234 g/mol. The first-order valence-electron chi connectivity index (χ1n) is 6.64. The van der Waals surface area contributed by atoms with Gasteiger partial charge in [-0.2, -0.15) is 0 Å². The second-order valence-corrected chi connectivity index (χ2v) is 4.66. The van der Waals surface area contributed by atoms with Gasteiger partial charge in [0.2, 0.25) is 0 Å². The van der Waals surface area contributed by atoms with E-state index in [0.717, 1.165) is 18.8 Å². The molecule has 0 unspecified atom stereocenters. The Hall–Kier alpha value is -0.930. The minimum absolute atomic E-state index is 0.471. The van der Waals surface area contributed by atoms with Gasteiger partial charge in [-0.1, -0.05) is 25.8 Å². The van der Waals surface area contributed by atoms with Gasteiger partial charge in [0, 0.05) is 12.7 Å². The van der Waals surface area contributed by atoms with Crippen molar-refractivity contribution in [1.29, 1.82) is 0 Å². The topological polar surface area (TPSA) is 34.1 Å². The summed E-state index contributed by atoms with van der Waals surface area (Å²) in [4.78, 5) is 4.43. The molecule has 0 amide bonds. The molecule has 0 saturated heterocycles. The van der Waals surface area contributed by atoms with E-state index in [9.17, 15) is 0 Å². The van der Waals surface area contributed by atoms with Crippen molar-refractivity contribution < 1.29 is 4.74 Å². The van der Waals surface area contributed by atoms with Gasteiger partial charge < -0.3 is 10.1 Å². The van der Waals surface area contributed by atoms with E-state index in [4.69, 9.17) is 4.74 Å². The Bertz CT molecular complexity index is 317. The number of aromatic nitrogens is 1. The third-order valence-electron chi connectivity index (χ3n) is 3.23. The van der Waals surface area contributed by atoms with Gasteiger partial charge in [0.25, 0.3) is 0 Å². The molecule has 0 atom stereocenters. The molecular formula is C14H22N2O. The van der Waals surface area contributed by atoms with E-state index in [1.165, 1.54) is 31.2 Å². The maximum Gasteiger partial charge on any atom is 0.0891 e. The van der Waals surface area contributed by atoms with Gasteiger partial charge >= 0.3 is 0 Å². The fourth-order valence-corrected chi connectivity index (χ4v) is 2.17. The van der Waals surface area contributed by atoms with Crippen LogP contribution in [-0.4, -0.2) is 17.6 Å². The van der Waals surface area contributed by atoms with Crippen LogP contribution in [0.4, 0.5) is 0 Å². The summed E-state index contributed by atoms with van der Waals surface area (Å²) in [6.07, 6.45) is 7.49. The van der Waals surface area contributed by atoms with E-state index in [1.54, 1.807) is 0 Å². The first kappa shape index (κ1) is 12.5. The lowest BCUT2D eigenvalue weighted by Gasteiger charge is -2.10. The predicted molar refractivity (Wildman–Crippen MR) is 68.7 cm³/mol. The largest absolute Gasteiger partial charge is 0.372 e. The molecule has 1 aliphatic carbocycles. The summed E-state index contributed by atoms with van der Waals surface area (Å²) in [6, 6.07) is 4.20. The number of pyridine rings is 1. The Morgan fingerprint density at radius 3 is 2.82 bits per heavy atom. The van der Waals surface area contributed by atoms with Crippen LogP contribution in [0.5, 0.6) is 0 Å². The van der Waals surface area contributed by atoms with Crippen LogP contribution in [0.15, 0.2) is 18.3 Å². The van der Waals surface area contributed by atoms with Crippen molar-refractivity contribution in [3.63, 3.8) is 0 Å². The van der Waals surface area contributed by atoms with E-state index >= 15 is 0 Å². The molecule has 1 N–H and O–H groups in total. The van der Waals surface area contributed by atoms with Crippen LogP contribution < -0.4 is 5.32 Å². The lowest BCUT2D eigenvalue weighted by molar-refractivity contribution is 0.0438. The van der Waals surface area contributed by atoms with Gasteiger partial charge in [0.05, 0.1) is 18.4 Å². The molecule has 0 radical (unpaired) electrons. The highest BCUT2D eigenvalue weighted by Crippen LogP contribution is 2.21. The van der Waals surface area contributed by atoms with Crippen LogP contribution in [0.3, 0.4) is 0 Å². The highest BCUT2D eigenvalue weighted by molar-refractivity contribution is 5.13. The SMILES string of the molecule is CCNCc1ccc(COC2CCCC2)nc1. The maximum absolute atomic E-state index is 5.83.